The van der Waals surface area contributed by atoms with E-state index in [4.69, 9.17) is 4.74 Å². The van der Waals surface area contributed by atoms with E-state index in [1.165, 1.54) is 4.90 Å². The van der Waals surface area contributed by atoms with Gasteiger partial charge in [-0.1, -0.05) is 30.3 Å². The minimum absolute atomic E-state index is 0.207. The van der Waals surface area contributed by atoms with Crippen LogP contribution < -0.4 is 16.0 Å². The summed E-state index contributed by atoms with van der Waals surface area (Å²) in [6.07, 6.45) is 1.35. The number of imide groups is 1. The Bertz CT molecular complexity index is 1140. The molecule has 0 aliphatic carbocycles. The van der Waals surface area contributed by atoms with Gasteiger partial charge in [-0.2, -0.15) is 0 Å². The van der Waals surface area contributed by atoms with E-state index in [-0.39, 0.29) is 36.2 Å². The van der Waals surface area contributed by atoms with Gasteiger partial charge in [0.05, 0.1) is 6.61 Å². The number of amides is 5. The Morgan fingerprint density at radius 2 is 1.97 bits per heavy atom. The number of carbonyl (C=O) groups is 4. The topological polar surface area (TPSA) is 117 Å². The molecule has 0 spiro atoms. The number of urea groups is 1. The SMILES string of the molecule is O=C1CCC(N2Cc3cc(NC(=O)NCC4(c5ccccc5)CCOC4)ccc3C2=O)C(=O)N1. The fourth-order valence-electron chi connectivity index (χ4n) is 4.95. The highest BCUT2D eigenvalue weighted by atomic mass is 16.5. The summed E-state index contributed by atoms with van der Waals surface area (Å²) in [5.41, 5.74) is 2.67. The van der Waals surface area contributed by atoms with Crippen LogP contribution in [0.5, 0.6) is 0 Å². The minimum Gasteiger partial charge on any atom is -0.380 e. The lowest BCUT2D eigenvalue weighted by Gasteiger charge is -2.29. The minimum atomic E-state index is -0.667. The molecule has 9 nitrogen and oxygen atoms in total. The number of hydrogen-bond acceptors (Lipinski definition) is 5. The molecule has 2 aromatic rings. The van der Waals surface area contributed by atoms with Crippen LogP contribution in [0.4, 0.5) is 10.5 Å². The van der Waals surface area contributed by atoms with Crippen molar-refractivity contribution in [3.8, 4) is 0 Å². The summed E-state index contributed by atoms with van der Waals surface area (Å²) < 4.78 is 5.64. The van der Waals surface area contributed by atoms with Crippen LogP contribution in [-0.2, 0) is 26.3 Å². The van der Waals surface area contributed by atoms with Crippen molar-refractivity contribution in [2.45, 2.75) is 37.3 Å². The first-order chi connectivity index (χ1) is 16.4. The van der Waals surface area contributed by atoms with Crippen LogP contribution in [0.2, 0.25) is 0 Å². The van der Waals surface area contributed by atoms with E-state index in [0.717, 1.165) is 17.5 Å². The van der Waals surface area contributed by atoms with Crippen molar-refractivity contribution in [1.82, 2.24) is 15.5 Å². The first-order valence-corrected chi connectivity index (χ1v) is 11.4. The maximum atomic E-state index is 12.8. The largest absolute Gasteiger partial charge is 0.380 e. The lowest BCUT2D eigenvalue weighted by Crippen LogP contribution is -2.52. The van der Waals surface area contributed by atoms with Gasteiger partial charge in [0.25, 0.3) is 5.91 Å². The number of piperidine rings is 1. The summed E-state index contributed by atoms with van der Waals surface area (Å²) in [7, 11) is 0. The van der Waals surface area contributed by atoms with Crippen LogP contribution in [0.3, 0.4) is 0 Å². The maximum absolute atomic E-state index is 12.8. The van der Waals surface area contributed by atoms with Gasteiger partial charge in [-0.25, -0.2) is 4.79 Å². The monoisotopic (exact) mass is 462 g/mol. The third kappa shape index (κ3) is 4.14. The van der Waals surface area contributed by atoms with Gasteiger partial charge in [0, 0.05) is 42.8 Å². The lowest BCUT2D eigenvalue weighted by atomic mass is 9.80. The van der Waals surface area contributed by atoms with Gasteiger partial charge >= 0.3 is 6.03 Å². The van der Waals surface area contributed by atoms with Crippen molar-refractivity contribution in [2.75, 3.05) is 25.1 Å². The molecular formula is C25H26N4O5. The molecule has 34 heavy (non-hydrogen) atoms. The quantitative estimate of drug-likeness (QED) is 0.587. The highest BCUT2D eigenvalue weighted by Gasteiger charge is 2.39. The predicted molar refractivity (Wildman–Crippen MR) is 123 cm³/mol. The molecular weight excluding hydrogens is 436 g/mol. The van der Waals surface area contributed by atoms with Gasteiger partial charge in [-0.15, -0.1) is 0 Å². The molecule has 0 saturated carbocycles. The second kappa shape index (κ2) is 8.90. The standard InChI is InChI=1S/C25H26N4O5/c30-21-9-8-20(22(31)28-21)29-13-16-12-18(6-7-19(16)23(29)32)27-24(33)26-14-25(10-11-34-15-25)17-4-2-1-3-5-17/h1-7,12,20H,8-11,13-15H2,(H2,26,27,33)(H,28,30,31). The Labute approximate surface area is 196 Å². The van der Waals surface area contributed by atoms with Crippen molar-refractivity contribution in [3.05, 3.63) is 65.2 Å². The smallest absolute Gasteiger partial charge is 0.319 e. The molecule has 2 saturated heterocycles. The highest BCUT2D eigenvalue weighted by molar-refractivity contribution is 6.05. The van der Waals surface area contributed by atoms with E-state index >= 15 is 0 Å². The van der Waals surface area contributed by atoms with Crippen LogP contribution >= 0.6 is 0 Å². The molecule has 2 aromatic carbocycles. The van der Waals surface area contributed by atoms with Crippen LogP contribution in [0.15, 0.2) is 48.5 Å². The zero-order chi connectivity index (χ0) is 23.7. The van der Waals surface area contributed by atoms with Crippen molar-refractivity contribution < 1.29 is 23.9 Å². The molecule has 2 atom stereocenters. The number of rotatable bonds is 5. The fourth-order valence-corrected chi connectivity index (χ4v) is 4.95. The van der Waals surface area contributed by atoms with Crippen LogP contribution in [0.25, 0.3) is 0 Å². The first kappa shape index (κ1) is 22.1. The van der Waals surface area contributed by atoms with Gasteiger partial charge in [-0.05, 0) is 42.2 Å². The normalized spacial score (nSPS) is 24.1. The first-order valence-electron chi connectivity index (χ1n) is 11.4. The Kier molecular flexibility index (Phi) is 5.79. The third-order valence-corrected chi connectivity index (χ3v) is 6.86. The maximum Gasteiger partial charge on any atom is 0.319 e. The fraction of sp³-hybridized carbons (Fsp3) is 0.360. The van der Waals surface area contributed by atoms with E-state index in [2.05, 4.69) is 28.1 Å². The van der Waals surface area contributed by atoms with E-state index < -0.39 is 11.9 Å². The summed E-state index contributed by atoms with van der Waals surface area (Å²) in [4.78, 5) is 50.6. The predicted octanol–water partition coefficient (Wildman–Crippen LogP) is 1.93. The molecule has 3 heterocycles. The molecule has 0 bridgehead atoms. The zero-order valence-electron chi connectivity index (χ0n) is 18.6. The second-order valence-electron chi connectivity index (χ2n) is 9.03. The Morgan fingerprint density at radius 1 is 1.15 bits per heavy atom. The Morgan fingerprint density at radius 3 is 2.71 bits per heavy atom. The molecule has 0 aromatic heterocycles. The number of ether oxygens (including phenoxy) is 1. The van der Waals surface area contributed by atoms with Crippen LogP contribution in [-0.4, -0.2) is 54.5 Å². The number of nitrogens with one attached hydrogen (secondary N) is 3. The summed E-state index contributed by atoms with van der Waals surface area (Å²) >= 11 is 0. The zero-order valence-corrected chi connectivity index (χ0v) is 18.6. The summed E-state index contributed by atoms with van der Waals surface area (Å²) in [6.45, 7) is 1.90. The molecule has 5 rings (SSSR count). The average Bonchev–Trinajstić information content (AvgIpc) is 3.44. The highest BCUT2D eigenvalue weighted by Crippen LogP contribution is 2.33. The molecule has 3 aliphatic rings. The van der Waals surface area contributed by atoms with E-state index in [0.29, 0.717) is 37.4 Å². The number of hydrogen-bond donors (Lipinski definition) is 3. The molecule has 2 unspecified atom stereocenters. The number of benzene rings is 2. The summed E-state index contributed by atoms with van der Waals surface area (Å²) in [5, 5.41) is 8.11. The molecule has 3 N–H and O–H groups in total. The second-order valence-corrected chi connectivity index (χ2v) is 9.03. The van der Waals surface area contributed by atoms with Gasteiger partial charge in [-0.3, -0.25) is 19.7 Å². The lowest BCUT2D eigenvalue weighted by molar-refractivity contribution is -0.136. The van der Waals surface area contributed by atoms with Crippen molar-refractivity contribution in [1.29, 1.82) is 0 Å². The van der Waals surface area contributed by atoms with E-state index in [1.807, 2.05) is 18.2 Å². The average molecular weight is 463 g/mol. The third-order valence-electron chi connectivity index (χ3n) is 6.86. The Balaban J connectivity index is 1.23. The molecule has 0 radical (unpaired) electrons. The molecule has 5 amide bonds. The molecule has 9 heteroatoms. The van der Waals surface area contributed by atoms with Gasteiger partial charge < -0.3 is 20.3 Å². The number of nitrogens with zero attached hydrogens (tertiary/aromatic N) is 1. The van der Waals surface area contributed by atoms with E-state index in [9.17, 15) is 19.2 Å². The van der Waals surface area contributed by atoms with Crippen molar-refractivity contribution >= 4 is 29.4 Å². The number of carbonyl (C=O) groups excluding carboxylic acids is 4. The molecule has 2 fully saturated rings. The van der Waals surface area contributed by atoms with Crippen molar-refractivity contribution in [2.24, 2.45) is 0 Å². The number of anilines is 1. The molecule has 3 aliphatic heterocycles. The van der Waals surface area contributed by atoms with Crippen LogP contribution in [0.1, 0.15) is 40.7 Å². The van der Waals surface area contributed by atoms with E-state index in [1.54, 1.807) is 18.2 Å². The van der Waals surface area contributed by atoms with Gasteiger partial charge in [0.2, 0.25) is 11.8 Å². The summed E-state index contributed by atoms with van der Waals surface area (Å²) in [6, 6.07) is 14.1. The Hall–Kier alpha value is -3.72. The molecule has 176 valence electrons. The number of fused-ring (bicyclic) bond motifs is 1. The summed E-state index contributed by atoms with van der Waals surface area (Å²) in [5.74, 6) is -1.01. The van der Waals surface area contributed by atoms with Crippen LogP contribution in [0, 0.1) is 0 Å². The van der Waals surface area contributed by atoms with Gasteiger partial charge in [0.1, 0.15) is 6.04 Å². The van der Waals surface area contributed by atoms with Crippen molar-refractivity contribution in [3.63, 3.8) is 0 Å². The van der Waals surface area contributed by atoms with Gasteiger partial charge in [0.15, 0.2) is 0 Å².